The van der Waals surface area contributed by atoms with Crippen molar-refractivity contribution in [1.29, 1.82) is 0 Å². The molecule has 0 aromatic heterocycles. The standard InChI is InChI=1S/C12H22O6/c1-6-16-10(14)8(13)9(11(15)17-7-2)18-12(3,4)5/h8-9,13H,6-7H2,1-5H3/t8-,9-/m1/s1. The van der Waals surface area contributed by atoms with Crippen molar-refractivity contribution in [3.8, 4) is 0 Å². The van der Waals surface area contributed by atoms with Gasteiger partial charge in [-0.2, -0.15) is 0 Å². The fourth-order valence-corrected chi connectivity index (χ4v) is 1.20. The predicted molar refractivity (Wildman–Crippen MR) is 63.9 cm³/mol. The van der Waals surface area contributed by atoms with Gasteiger partial charge in [0.05, 0.1) is 18.8 Å². The Bertz CT molecular complexity index is 281. The van der Waals surface area contributed by atoms with Gasteiger partial charge in [0.25, 0.3) is 0 Å². The molecular weight excluding hydrogens is 240 g/mol. The number of aliphatic hydroxyl groups is 1. The third-order valence-electron chi connectivity index (χ3n) is 1.81. The molecule has 1 N–H and O–H groups in total. The fourth-order valence-electron chi connectivity index (χ4n) is 1.20. The molecule has 0 aromatic rings. The number of esters is 2. The lowest BCUT2D eigenvalue weighted by Crippen LogP contribution is -2.47. The van der Waals surface area contributed by atoms with Crippen LogP contribution in [0.15, 0.2) is 0 Å². The van der Waals surface area contributed by atoms with Crippen LogP contribution in [0.2, 0.25) is 0 Å². The summed E-state index contributed by atoms with van der Waals surface area (Å²) in [7, 11) is 0. The molecular formula is C12H22O6. The van der Waals surface area contributed by atoms with E-state index in [0.717, 1.165) is 0 Å². The van der Waals surface area contributed by atoms with Crippen molar-refractivity contribution < 1.29 is 28.9 Å². The Morgan fingerprint density at radius 3 is 1.89 bits per heavy atom. The Morgan fingerprint density at radius 2 is 1.50 bits per heavy atom. The molecule has 0 bridgehead atoms. The number of carbonyl (C=O) groups is 2. The molecule has 0 unspecified atom stereocenters. The predicted octanol–water partition coefficient (Wildman–Crippen LogP) is 0.657. The summed E-state index contributed by atoms with van der Waals surface area (Å²) in [5.41, 5.74) is -0.703. The normalized spacial score (nSPS) is 14.8. The van der Waals surface area contributed by atoms with Crippen molar-refractivity contribution in [2.24, 2.45) is 0 Å². The molecule has 2 atom stereocenters. The lowest BCUT2D eigenvalue weighted by Gasteiger charge is -2.28. The molecule has 0 amide bonds. The van der Waals surface area contributed by atoms with E-state index in [9.17, 15) is 14.7 Å². The van der Waals surface area contributed by atoms with Crippen molar-refractivity contribution in [3.63, 3.8) is 0 Å². The summed E-state index contributed by atoms with van der Waals surface area (Å²) in [4.78, 5) is 23.1. The summed E-state index contributed by atoms with van der Waals surface area (Å²) in [6.45, 7) is 8.60. The van der Waals surface area contributed by atoms with Crippen molar-refractivity contribution in [2.45, 2.75) is 52.4 Å². The van der Waals surface area contributed by atoms with Gasteiger partial charge in [0.15, 0.2) is 12.2 Å². The van der Waals surface area contributed by atoms with Crippen LogP contribution in [0.25, 0.3) is 0 Å². The molecule has 0 spiro atoms. The second-order valence-corrected chi connectivity index (χ2v) is 4.60. The first-order valence-electron chi connectivity index (χ1n) is 5.92. The Labute approximate surface area is 107 Å². The van der Waals surface area contributed by atoms with Crippen LogP contribution in [0.5, 0.6) is 0 Å². The third-order valence-corrected chi connectivity index (χ3v) is 1.81. The second-order valence-electron chi connectivity index (χ2n) is 4.60. The van der Waals surface area contributed by atoms with Gasteiger partial charge in [0, 0.05) is 0 Å². The van der Waals surface area contributed by atoms with E-state index >= 15 is 0 Å². The van der Waals surface area contributed by atoms with Crippen LogP contribution in [-0.2, 0) is 23.8 Å². The van der Waals surface area contributed by atoms with E-state index in [2.05, 4.69) is 4.74 Å². The minimum Gasteiger partial charge on any atom is -0.464 e. The molecule has 0 saturated heterocycles. The van der Waals surface area contributed by atoms with Gasteiger partial charge in [-0.3, -0.25) is 0 Å². The number of carbonyl (C=O) groups excluding carboxylic acids is 2. The van der Waals surface area contributed by atoms with Gasteiger partial charge in [-0.05, 0) is 34.6 Å². The lowest BCUT2D eigenvalue weighted by molar-refractivity contribution is -0.188. The summed E-state index contributed by atoms with van der Waals surface area (Å²) >= 11 is 0. The molecule has 0 radical (unpaired) electrons. The first-order chi connectivity index (χ1) is 8.22. The summed E-state index contributed by atoms with van der Waals surface area (Å²) in [5.74, 6) is -1.69. The number of ether oxygens (including phenoxy) is 3. The molecule has 106 valence electrons. The smallest absolute Gasteiger partial charge is 0.338 e. The molecule has 0 fully saturated rings. The minimum atomic E-state index is -1.69. The Hall–Kier alpha value is -1.14. The maximum Gasteiger partial charge on any atom is 0.338 e. The van der Waals surface area contributed by atoms with Crippen molar-refractivity contribution in [3.05, 3.63) is 0 Å². The van der Waals surface area contributed by atoms with E-state index in [1.165, 1.54) is 0 Å². The number of hydrogen-bond donors (Lipinski definition) is 1. The van der Waals surface area contributed by atoms with Crippen LogP contribution in [0.4, 0.5) is 0 Å². The molecule has 0 aromatic carbocycles. The van der Waals surface area contributed by atoms with Gasteiger partial charge in [-0.1, -0.05) is 0 Å². The van der Waals surface area contributed by atoms with E-state index in [1.54, 1.807) is 34.6 Å². The van der Waals surface area contributed by atoms with Crippen LogP contribution < -0.4 is 0 Å². The van der Waals surface area contributed by atoms with Gasteiger partial charge in [-0.15, -0.1) is 0 Å². The molecule has 0 aliphatic carbocycles. The van der Waals surface area contributed by atoms with Crippen LogP contribution >= 0.6 is 0 Å². The van der Waals surface area contributed by atoms with E-state index in [0.29, 0.717) is 0 Å². The van der Waals surface area contributed by atoms with E-state index in [4.69, 9.17) is 9.47 Å². The second kappa shape index (κ2) is 7.33. The Morgan fingerprint density at radius 1 is 1.06 bits per heavy atom. The highest BCUT2D eigenvalue weighted by atomic mass is 16.6. The summed E-state index contributed by atoms with van der Waals surface area (Å²) in [6, 6.07) is 0. The highest BCUT2D eigenvalue weighted by Crippen LogP contribution is 2.15. The van der Waals surface area contributed by atoms with Gasteiger partial charge in [-0.25, -0.2) is 9.59 Å². The van der Waals surface area contributed by atoms with Gasteiger partial charge < -0.3 is 19.3 Å². The van der Waals surface area contributed by atoms with Crippen molar-refractivity contribution in [1.82, 2.24) is 0 Å². The maximum atomic E-state index is 11.7. The average Bonchev–Trinajstić information content (AvgIpc) is 2.24. The van der Waals surface area contributed by atoms with Crippen molar-refractivity contribution >= 4 is 11.9 Å². The first kappa shape index (κ1) is 16.9. The molecule has 0 aliphatic rings. The topological polar surface area (TPSA) is 82.1 Å². The fraction of sp³-hybridized carbons (Fsp3) is 0.833. The lowest BCUT2D eigenvalue weighted by atomic mass is 10.1. The number of rotatable bonds is 6. The highest BCUT2D eigenvalue weighted by Gasteiger charge is 2.38. The molecule has 6 heteroatoms. The van der Waals surface area contributed by atoms with Gasteiger partial charge >= 0.3 is 11.9 Å². The van der Waals surface area contributed by atoms with Crippen LogP contribution in [0.1, 0.15) is 34.6 Å². The van der Waals surface area contributed by atoms with Crippen LogP contribution in [-0.4, -0.2) is 48.1 Å². The molecule has 0 aliphatic heterocycles. The maximum absolute atomic E-state index is 11.7. The van der Waals surface area contributed by atoms with Crippen LogP contribution in [0.3, 0.4) is 0 Å². The largest absolute Gasteiger partial charge is 0.464 e. The third kappa shape index (κ3) is 5.97. The molecule has 18 heavy (non-hydrogen) atoms. The minimum absolute atomic E-state index is 0.112. The quantitative estimate of drug-likeness (QED) is 0.708. The monoisotopic (exact) mass is 262 g/mol. The van der Waals surface area contributed by atoms with Gasteiger partial charge in [0.1, 0.15) is 0 Å². The summed E-state index contributed by atoms with van der Waals surface area (Å²) in [6.07, 6.45) is -3.08. The van der Waals surface area contributed by atoms with E-state index in [1.807, 2.05) is 0 Å². The number of hydrogen-bond acceptors (Lipinski definition) is 6. The van der Waals surface area contributed by atoms with Gasteiger partial charge in [0.2, 0.25) is 0 Å². The highest BCUT2D eigenvalue weighted by molar-refractivity contribution is 5.85. The molecule has 0 rings (SSSR count). The Balaban J connectivity index is 4.85. The zero-order chi connectivity index (χ0) is 14.3. The summed E-state index contributed by atoms with van der Waals surface area (Å²) < 4.78 is 14.8. The summed E-state index contributed by atoms with van der Waals surface area (Å²) in [5, 5.41) is 9.77. The first-order valence-corrected chi connectivity index (χ1v) is 5.92. The average molecular weight is 262 g/mol. The zero-order valence-corrected chi connectivity index (χ0v) is 11.6. The SMILES string of the molecule is CCOC(=O)[C@H](O)[C@@H](OC(C)(C)C)C(=O)OCC. The van der Waals surface area contributed by atoms with Crippen molar-refractivity contribution in [2.75, 3.05) is 13.2 Å². The number of aliphatic hydroxyl groups excluding tert-OH is 1. The Kier molecular flexibility index (Phi) is 6.86. The molecule has 6 nitrogen and oxygen atoms in total. The molecule has 0 saturated carbocycles. The van der Waals surface area contributed by atoms with Crippen LogP contribution in [0, 0.1) is 0 Å². The van der Waals surface area contributed by atoms with E-state index in [-0.39, 0.29) is 13.2 Å². The molecule has 0 heterocycles. The zero-order valence-electron chi connectivity index (χ0n) is 11.6. The van der Waals surface area contributed by atoms with E-state index < -0.39 is 29.7 Å².